The second-order valence-corrected chi connectivity index (χ2v) is 10.9. The monoisotopic (exact) mass is 498 g/mol. The molecule has 0 aliphatic heterocycles. The summed E-state index contributed by atoms with van der Waals surface area (Å²) in [5, 5.41) is 8.15. The third-order valence-corrected chi connectivity index (χ3v) is 6.38. The first kappa shape index (κ1) is 27.1. The molecule has 0 heterocycles. The molecule has 0 aliphatic rings. The summed E-state index contributed by atoms with van der Waals surface area (Å²) in [6, 6.07) is 13.8. The maximum Gasteiger partial charge on any atom is 0.228 e. The Kier molecular flexibility index (Phi) is 12.6. The van der Waals surface area contributed by atoms with Gasteiger partial charge in [0.15, 0.2) is 0 Å². The number of amides is 1. The van der Waals surface area contributed by atoms with E-state index in [4.69, 9.17) is 34.8 Å². The normalized spacial score (nSPS) is 12.6. The number of benzene rings is 2. The first-order chi connectivity index (χ1) is 15.4. The summed E-state index contributed by atoms with van der Waals surface area (Å²) in [4.78, 5) is 12.5. The first-order valence-corrected chi connectivity index (χ1v) is 13.2. The van der Waals surface area contributed by atoms with E-state index >= 15 is 0 Å². The van der Waals surface area contributed by atoms with Crippen LogP contribution in [0.4, 0.5) is 5.69 Å². The molecule has 32 heavy (non-hydrogen) atoms. The van der Waals surface area contributed by atoms with Crippen LogP contribution in [0.15, 0.2) is 42.5 Å². The van der Waals surface area contributed by atoms with Crippen molar-refractivity contribution in [2.24, 2.45) is 0 Å². The first-order valence-electron chi connectivity index (χ1n) is 12.0. The van der Waals surface area contributed by atoms with Gasteiger partial charge in [0.1, 0.15) is 6.17 Å². The summed E-state index contributed by atoms with van der Waals surface area (Å²) in [7, 11) is 0. The Morgan fingerprint density at radius 3 is 2.00 bits per heavy atom. The van der Waals surface area contributed by atoms with Gasteiger partial charge in [-0.2, -0.15) is 0 Å². The number of anilines is 1. The van der Waals surface area contributed by atoms with Crippen molar-refractivity contribution in [3.05, 3.63) is 42.5 Å². The molecule has 3 nitrogen and oxygen atoms in total. The van der Waals surface area contributed by atoms with Crippen molar-refractivity contribution in [2.45, 2.75) is 93.9 Å². The van der Waals surface area contributed by atoms with Crippen molar-refractivity contribution in [3.8, 4) is 0 Å². The maximum atomic E-state index is 12.5. The number of carbonyl (C=O) groups is 1. The number of carbonyl (C=O) groups excluding carboxylic acids is 1. The lowest BCUT2D eigenvalue weighted by molar-refractivity contribution is -0.121. The van der Waals surface area contributed by atoms with Crippen LogP contribution in [0.25, 0.3) is 10.8 Å². The molecule has 0 aromatic heterocycles. The molecule has 2 aromatic rings. The van der Waals surface area contributed by atoms with Crippen molar-refractivity contribution in [1.82, 2.24) is 5.32 Å². The van der Waals surface area contributed by atoms with Crippen LogP contribution in [0.1, 0.15) is 84.0 Å². The summed E-state index contributed by atoms with van der Waals surface area (Å²) in [6.07, 6.45) is 13.3. The van der Waals surface area contributed by atoms with Crippen molar-refractivity contribution in [3.63, 3.8) is 0 Å². The molecule has 2 N–H and O–H groups in total. The molecule has 0 fully saturated rings. The lowest BCUT2D eigenvalue weighted by Crippen LogP contribution is -2.49. The minimum absolute atomic E-state index is 0.106. The molecule has 1 amide bonds. The van der Waals surface area contributed by atoms with Gasteiger partial charge in [0, 0.05) is 17.5 Å². The number of nitrogens with one attached hydrogen (secondary N) is 2. The predicted octanol–water partition coefficient (Wildman–Crippen LogP) is 8.77. The van der Waals surface area contributed by atoms with Crippen LogP contribution < -0.4 is 10.6 Å². The lowest BCUT2D eigenvalue weighted by Gasteiger charge is -2.28. The van der Waals surface area contributed by atoms with Crippen LogP contribution in [0.3, 0.4) is 0 Å². The van der Waals surface area contributed by atoms with E-state index in [2.05, 4.69) is 17.6 Å². The molecule has 2 aromatic carbocycles. The number of rotatable bonds is 15. The minimum atomic E-state index is -1.68. The largest absolute Gasteiger partial charge is 0.361 e. The highest BCUT2D eigenvalue weighted by molar-refractivity contribution is 6.68. The fourth-order valence-corrected chi connectivity index (χ4v) is 4.22. The third-order valence-electron chi connectivity index (χ3n) is 5.73. The molecular weight excluding hydrogens is 463 g/mol. The van der Waals surface area contributed by atoms with Gasteiger partial charge >= 0.3 is 0 Å². The Balaban J connectivity index is 1.71. The quantitative estimate of drug-likeness (QED) is 0.146. The van der Waals surface area contributed by atoms with E-state index in [1.54, 1.807) is 0 Å². The molecule has 6 heteroatoms. The number of hydrogen-bond donors (Lipinski definition) is 2. The molecule has 2 rings (SSSR count). The fourth-order valence-electron chi connectivity index (χ4n) is 3.89. The average molecular weight is 500 g/mol. The summed E-state index contributed by atoms with van der Waals surface area (Å²) in [6.45, 7) is 2.25. The molecule has 0 saturated carbocycles. The second-order valence-electron chi connectivity index (χ2n) is 8.50. The molecule has 0 unspecified atom stereocenters. The number of unbranched alkanes of at least 4 members (excludes halogenated alkanes) is 10. The Morgan fingerprint density at radius 2 is 1.38 bits per heavy atom. The van der Waals surface area contributed by atoms with Gasteiger partial charge in [0.25, 0.3) is 0 Å². The van der Waals surface area contributed by atoms with Crippen LogP contribution in [-0.2, 0) is 4.79 Å². The third kappa shape index (κ3) is 10.2. The van der Waals surface area contributed by atoms with Gasteiger partial charge in [0.05, 0.1) is 0 Å². The van der Waals surface area contributed by atoms with Crippen molar-refractivity contribution < 1.29 is 4.79 Å². The maximum absolute atomic E-state index is 12.5. The van der Waals surface area contributed by atoms with Gasteiger partial charge < -0.3 is 10.6 Å². The Bertz CT molecular complexity index is 802. The fraction of sp³-hybridized carbons (Fsp3) is 0.577. The van der Waals surface area contributed by atoms with Crippen molar-refractivity contribution in [2.75, 3.05) is 5.32 Å². The van der Waals surface area contributed by atoms with Crippen LogP contribution in [0, 0.1) is 0 Å². The average Bonchev–Trinajstić information content (AvgIpc) is 2.76. The van der Waals surface area contributed by atoms with E-state index in [9.17, 15) is 4.79 Å². The standard InChI is InChI=1S/C26H37Cl3N2O/c1-2-3-4-5-6-7-8-9-10-11-12-20-24(32)31-25(26(27,28)29)30-23-19-15-17-21-16-13-14-18-22(21)23/h13-19,25,30H,2-12,20H2,1H3,(H,31,32)/t25-/m1/s1. The van der Waals surface area contributed by atoms with Gasteiger partial charge in [-0.15, -0.1) is 0 Å². The van der Waals surface area contributed by atoms with Crippen LogP contribution >= 0.6 is 34.8 Å². The molecule has 0 spiro atoms. The van der Waals surface area contributed by atoms with Crippen LogP contribution in [0.2, 0.25) is 0 Å². The van der Waals surface area contributed by atoms with E-state index in [1.165, 1.54) is 57.8 Å². The predicted molar refractivity (Wildman–Crippen MR) is 141 cm³/mol. The Morgan fingerprint density at radius 1 is 0.812 bits per heavy atom. The summed E-state index contributed by atoms with van der Waals surface area (Å²) in [5.74, 6) is -0.106. The van der Waals surface area contributed by atoms with Crippen LogP contribution in [-0.4, -0.2) is 15.9 Å². The van der Waals surface area contributed by atoms with Gasteiger partial charge in [-0.3, -0.25) is 4.79 Å². The summed E-state index contributed by atoms with van der Waals surface area (Å²) < 4.78 is -1.68. The molecular formula is C26H37Cl3N2O. The highest BCUT2D eigenvalue weighted by Gasteiger charge is 2.34. The summed E-state index contributed by atoms with van der Waals surface area (Å²) in [5.41, 5.74) is 0.814. The van der Waals surface area contributed by atoms with Gasteiger partial charge in [-0.05, 0) is 17.9 Å². The zero-order valence-electron chi connectivity index (χ0n) is 19.1. The number of hydrogen-bond acceptors (Lipinski definition) is 2. The van der Waals surface area contributed by atoms with E-state index in [0.29, 0.717) is 6.42 Å². The summed E-state index contributed by atoms with van der Waals surface area (Å²) >= 11 is 18.5. The zero-order chi connectivity index (χ0) is 23.2. The van der Waals surface area contributed by atoms with Gasteiger partial charge in [-0.25, -0.2) is 0 Å². The Labute approximate surface area is 208 Å². The second kappa shape index (κ2) is 14.9. The van der Waals surface area contributed by atoms with Crippen molar-refractivity contribution >= 4 is 57.2 Å². The van der Waals surface area contributed by atoms with Crippen molar-refractivity contribution in [1.29, 1.82) is 0 Å². The van der Waals surface area contributed by atoms with E-state index in [-0.39, 0.29) is 5.91 Å². The van der Waals surface area contributed by atoms with Gasteiger partial charge in [0.2, 0.25) is 9.70 Å². The number of fused-ring (bicyclic) bond motifs is 1. The Hall–Kier alpha value is -1.16. The van der Waals surface area contributed by atoms with E-state index in [0.717, 1.165) is 29.3 Å². The van der Waals surface area contributed by atoms with E-state index in [1.807, 2.05) is 42.5 Å². The topological polar surface area (TPSA) is 41.1 Å². The number of halogens is 3. The van der Waals surface area contributed by atoms with Gasteiger partial charge in [-0.1, -0.05) is 142 Å². The smallest absolute Gasteiger partial charge is 0.228 e. The molecule has 0 radical (unpaired) electrons. The SMILES string of the molecule is CCCCCCCCCCCCCC(=O)N[C@@H](Nc1cccc2ccccc12)C(Cl)(Cl)Cl. The minimum Gasteiger partial charge on any atom is -0.361 e. The number of alkyl halides is 3. The van der Waals surface area contributed by atoms with E-state index < -0.39 is 9.96 Å². The zero-order valence-corrected chi connectivity index (χ0v) is 21.4. The highest BCUT2D eigenvalue weighted by Crippen LogP contribution is 2.33. The van der Waals surface area contributed by atoms with Crippen LogP contribution in [0.5, 0.6) is 0 Å². The molecule has 1 atom stereocenters. The highest BCUT2D eigenvalue weighted by atomic mass is 35.6. The molecule has 178 valence electrons. The molecule has 0 bridgehead atoms. The lowest BCUT2D eigenvalue weighted by atomic mass is 10.1. The molecule has 0 saturated heterocycles. The molecule has 0 aliphatic carbocycles.